The predicted octanol–water partition coefficient (Wildman–Crippen LogP) is 3.91. The second-order valence-corrected chi connectivity index (χ2v) is 4.65. The van der Waals surface area contributed by atoms with Gasteiger partial charge >= 0.3 is 6.03 Å². The highest BCUT2D eigenvalue weighted by Crippen LogP contribution is 2.10. The van der Waals surface area contributed by atoms with Crippen molar-refractivity contribution in [3.05, 3.63) is 65.4 Å². The Labute approximate surface area is 113 Å². The molecule has 2 N–H and O–H groups in total. The van der Waals surface area contributed by atoms with Gasteiger partial charge in [-0.2, -0.15) is 0 Å². The summed E-state index contributed by atoms with van der Waals surface area (Å²) in [6.45, 7) is 4.05. The van der Waals surface area contributed by atoms with Gasteiger partial charge < -0.3 is 10.6 Å². The molecule has 0 fully saturated rings. The molecule has 1 aliphatic carbocycles. The van der Waals surface area contributed by atoms with Gasteiger partial charge in [0.15, 0.2) is 0 Å². The number of urea groups is 1. The summed E-state index contributed by atoms with van der Waals surface area (Å²) in [6.07, 6.45) is 8.74. The second-order valence-electron chi connectivity index (χ2n) is 4.65. The monoisotopic (exact) mass is 254 g/mol. The second kappa shape index (κ2) is 6.05. The Bertz CT molecular complexity index is 551. The minimum atomic E-state index is -0.212. The van der Waals surface area contributed by atoms with E-state index in [1.807, 2.05) is 62.4 Å². The average molecular weight is 254 g/mol. The average Bonchev–Trinajstić information content (AvgIpc) is 2.57. The summed E-state index contributed by atoms with van der Waals surface area (Å²) in [5.41, 5.74) is 4.02. The fourth-order valence-corrected chi connectivity index (χ4v) is 1.77. The summed E-state index contributed by atoms with van der Waals surface area (Å²) in [6, 6.07) is 7.50. The zero-order valence-electron chi connectivity index (χ0n) is 11.2. The van der Waals surface area contributed by atoms with Crippen LogP contribution in [0.4, 0.5) is 10.5 Å². The molecule has 3 nitrogen and oxygen atoms in total. The van der Waals surface area contributed by atoms with Crippen LogP contribution in [0.15, 0.2) is 59.8 Å². The van der Waals surface area contributed by atoms with Crippen LogP contribution in [0.25, 0.3) is 0 Å². The van der Waals surface area contributed by atoms with Crippen molar-refractivity contribution >= 4 is 11.7 Å². The first-order valence-corrected chi connectivity index (χ1v) is 6.32. The van der Waals surface area contributed by atoms with Gasteiger partial charge in [-0.1, -0.05) is 41.5 Å². The van der Waals surface area contributed by atoms with Gasteiger partial charge in [0, 0.05) is 17.8 Å². The fraction of sp³-hybridized carbons (Fsp3) is 0.188. The topological polar surface area (TPSA) is 41.1 Å². The first-order valence-electron chi connectivity index (χ1n) is 6.32. The third-order valence-electron chi connectivity index (χ3n) is 2.85. The number of aryl methyl sites for hydroxylation is 1. The first-order chi connectivity index (χ1) is 9.13. The molecule has 0 unspecified atom stereocenters. The molecule has 1 aromatic carbocycles. The molecule has 0 saturated carbocycles. The van der Waals surface area contributed by atoms with Gasteiger partial charge in [-0.15, -0.1) is 0 Å². The van der Waals surface area contributed by atoms with Crippen LogP contribution in [0.2, 0.25) is 0 Å². The van der Waals surface area contributed by atoms with Gasteiger partial charge in [-0.05, 0) is 32.1 Å². The summed E-state index contributed by atoms with van der Waals surface area (Å²) in [4.78, 5) is 11.9. The standard InChI is InChI=1S/C16H18N2O/c1-12-4-3-5-14(9-6-12)17-16(19)18-15-10-7-13(2)8-11-15/h3-4,6-11H,5H2,1-2H3,(H2,17,18,19). The lowest BCUT2D eigenvalue weighted by atomic mass is 10.2. The van der Waals surface area contributed by atoms with Crippen LogP contribution in [0.1, 0.15) is 18.9 Å². The number of hydrogen-bond donors (Lipinski definition) is 2. The lowest BCUT2D eigenvalue weighted by molar-refractivity contribution is 0.254. The fourth-order valence-electron chi connectivity index (χ4n) is 1.77. The van der Waals surface area contributed by atoms with Gasteiger partial charge in [0.25, 0.3) is 0 Å². The molecule has 0 saturated heterocycles. The van der Waals surface area contributed by atoms with E-state index in [0.717, 1.165) is 17.8 Å². The number of anilines is 1. The zero-order chi connectivity index (χ0) is 13.7. The lowest BCUT2D eigenvalue weighted by Crippen LogP contribution is -2.27. The van der Waals surface area contributed by atoms with Gasteiger partial charge in [0.2, 0.25) is 0 Å². The van der Waals surface area contributed by atoms with Crippen molar-refractivity contribution in [2.45, 2.75) is 20.3 Å². The number of rotatable bonds is 2. The summed E-state index contributed by atoms with van der Waals surface area (Å²) in [7, 11) is 0. The minimum Gasteiger partial charge on any atom is -0.311 e. The van der Waals surface area contributed by atoms with E-state index < -0.39 is 0 Å². The molecule has 1 aliphatic rings. The highest BCUT2D eigenvalue weighted by Gasteiger charge is 2.04. The number of carbonyl (C=O) groups excluding carboxylic acids is 1. The van der Waals surface area contributed by atoms with Crippen LogP contribution >= 0.6 is 0 Å². The summed E-state index contributed by atoms with van der Waals surface area (Å²) in [5, 5.41) is 5.67. The first kappa shape index (κ1) is 13.1. The van der Waals surface area contributed by atoms with Gasteiger partial charge in [-0.25, -0.2) is 4.79 Å². The number of allylic oxidation sites excluding steroid dienone is 5. The molecule has 0 spiro atoms. The van der Waals surface area contributed by atoms with Crippen molar-refractivity contribution in [3.63, 3.8) is 0 Å². The third-order valence-corrected chi connectivity index (χ3v) is 2.85. The Balaban J connectivity index is 1.95. The minimum absolute atomic E-state index is 0.212. The van der Waals surface area contributed by atoms with Crippen molar-refractivity contribution in [3.8, 4) is 0 Å². The maximum absolute atomic E-state index is 11.9. The van der Waals surface area contributed by atoms with Crippen LogP contribution < -0.4 is 10.6 Å². The van der Waals surface area contributed by atoms with E-state index in [1.54, 1.807) is 0 Å². The molecular weight excluding hydrogens is 236 g/mol. The van der Waals surface area contributed by atoms with E-state index in [0.29, 0.717) is 0 Å². The molecule has 0 atom stereocenters. The molecule has 0 aliphatic heterocycles. The van der Waals surface area contributed by atoms with Crippen molar-refractivity contribution in [2.75, 3.05) is 5.32 Å². The Morgan fingerprint density at radius 1 is 1.05 bits per heavy atom. The zero-order valence-corrected chi connectivity index (χ0v) is 11.2. The largest absolute Gasteiger partial charge is 0.323 e. The number of amides is 2. The van der Waals surface area contributed by atoms with Gasteiger partial charge in [-0.3, -0.25) is 0 Å². The molecule has 0 heterocycles. The SMILES string of the molecule is CC1=CC=C(NC(=O)Nc2ccc(C)cc2)CC=C1. The highest BCUT2D eigenvalue weighted by molar-refractivity contribution is 5.90. The molecule has 1 aromatic rings. The van der Waals surface area contributed by atoms with Crippen molar-refractivity contribution in [1.29, 1.82) is 0 Å². The lowest BCUT2D eigenvalue weighted by Gasteiger charge is -2.09. The van der Waals surface area contributed by atoms with E-state index in [9.17, 15) is 4.79 Å². The van der Waals surface area contributed by atoms with Crippen LogP contribution in [0.5, 0.6) is 0 Å². The number of hydrogen-bond acceptors (Lipinski definition) is 1. The molecule has 98 valence electrons. The Hall–Kier alpha value is -2.29. The Morgan fingerprint density at radius 2 is 1.79 bits per heavy atom. The molecule has 19 heavy (non-hydrogen) atoms. The molecule has 0 aromatic heterocycles. The van der Waals surface area contributed by atoms with Crippen LogP contribution in [0, 0.1) is 6.92 Å². The van der Waals surface area contributed by atoms with E-state index in [1.165, 1.54) is 11.1 Å². The van der Waals surface area contributed by atoms with Crippen molar-refractivity contribution in [1.82, 2.24) is 5.32 Å². The number of nitrogens with one attached hydrogen (secondary N) is 2. The maximum Gasteiger partial charge on any atom is 0.323 e. The van der Waals surface area contributed by atoms with Crippen LogP contribution in [-0.2, 0) is 0 Å². The number of benzene rings is 1. The van der Waals surface area contributed by atoms with Gasteiger partial charge in [0.1, 0.15) is 0 Å². The quantitative estimate of drug-likeness (QED) is 0.825. The van der Waals surface area contributed by atoms with Crippen LogP contribution in [-0.4, -0.2) is 6.03 Å². The smallest absolute Gasteiger partial charge is 0.311 e. The molecule has 3 heteroatoms. The number of carbonyl (C=O) groups is 1. The molecule has 0 radical (unpaired) electrons. The van der Waals surface area contributed by atoms with E-state index >= 15 is 0 Å². The summed E-state index contributed by atoms with van der Waals surface area (Å²) in [5.74, 6) is 0. The van der Waals surface area contributed by atoms with Crippen LogP contribution in [0.3, 0.4) is 0 Å². The van der Waals surface area contributed by atoms with Crippen molar-refractivity contribution in [2.24, 2.45) is 0 Å². The highest BCUT2D eigenvalue weighted by atomic mass is 16.2. The maximum atomic E-state index is 11.9. The van der Waals surface area contributed by atoms with E-state index in [4.69, 9.17) is 0 Å². The normalized spacial score (nSPS) is 14.2. The van der Waals surface area contributed by atoms with Gasteiger partial charge in [0.05, 0.1) is 0 Å². The Kier molecular flexibility index (Phi) is 4.18. The Morgan fingerprint density at radius 3 is 2.53 bits per heavy atom. The predicted molar refractivity (Wildman–Crippen MR) is 78.9 cm³/mol. The molecule has 0 bridgehead atoms. The molecular formula is C16H18N2O. The van der Waals surface area contributed by atoms with E-state index in [-0.39, 0.29) is 6.03 Å². The molecule has 2 rings (SSSR count). The third kappa shape index (κ3) is 4.14. The van der Waals surface area contributed by atoms with Crippen molar-refractivity contribution < 1.29 is 4.79 Å². The van der Waals surface area contributed by atoms with E-state index in [2.05, 4.69) is 10.6 Å². The molecule has 2 amide bonds. The summed E-state index contributed by atoms with van der Waals surface area (Å²) < 4.78 is 0. The summed E-state index contributed by atoms with van der Waals surface area (Å²) >= 11 is 0.